The Morgan fingerprint density at radius 2 is 1.63 bits per heavy atom. The maximum Gasteiger partial charge on any atom is 0.320 e. The Hall–Kier alpha value is -1.57. The molecule has 106 valence electrons. The molecule has 19 heavy (non-hydrogen) atoms. The molecule has 0 unspecified atom stereocenters. The summed E-state index contributed by atoms with van der Waals surface area (Å²) in [5, 5.41) is -1.79. The zero-order valence-electron chi connectivity index (χ0n) is 10.7. The van der Waals surface area contributed by atoms with Gasteiger partial charge in [-0.1, -0.05) is 0 Å². The number of hydrogen-bond donors (Lipinski definition) is 0. The summed E-state index contributed by atoms with van der Waals surface area (Å²) in [6.45, 7) is 0. The molecule has 0 saturated carbocycles. The molecule has 0 N–H and O–H groups in total. The maximum atomic E-state index is 12.1. The molecular formula is C11H14O7S. The van der Waals surface area contributed by atoms with Gasteiger partial charge in [0.05, 0.1) is 33.0 Å². The highest BCUT2D eigenvalue weighted by molar-refractivity contribution is 8.02. The Bertz CT molecular complexity index is 406. The average molecular weight is 290 g/mol. The summed E-state index contributed by atoms with van der Waals surface area (Å²) >= 11 is 0.921. The van der Waals surface area contributed by atoms with E-state index in [2.05, 4.69) is 14.2 Å². The molecule has 0 radical (unpaired) electrons. The Morgan fingerprint density at radius 1 is 1.05 bits per heavy atom. The van der Waals surface area contributed by atoms with Crippen molar-refractivity contribution in [3.05, 3.63) is 0 Å². The standard InChI is InChI=1S/C11H14O7S/c1-16-6(12)4-5-8(13)7(10(14)17-2)9(19-5)11(15)18-3/h5,7,9H,4H2,1-3H3/t5-,7+,9-/m1/s1. The van der Waals surface area contributed by atoms with Crippen LogP contribution in [0.4, 0.5) is 0 Å². The third-order valence-electron chi connectivity index (χ3n) is 2.71. The van der Waals surface area contributed by atoms with Crippen LogP contribution in [0.1, 0.15) is 6.42 Å². The van der Waals surface area contributed by atoms with Crippen molar-refractivity contribution in [3.8, 4) is 0 Å². The van der Waals surface area contributed by atoms with Gasteiger partial charge in [0.15, 0.2) is 5.78 Å². The molecule has 3 atom stereocenters. The summed E-state index contributed by atoms with van der Waals surface area (Å²) in [5.74, 6) is -3.84. The van der Waals surface area contributed by atoms with E-state index in [0.717, 1.165) is 26.0 Å². The van der Waals surface area contributed by atoms with Gasteiger partial charge < -0.3 is 14.2 Å². The molecule has 1 fully saturated rings. The molecule has 0 aliphatic carbocycles. The first-order valence-corrected chi connectivity index (χ1v) is 6.32. The first-order valence-electron chi connectivity index (χ1n) is 5.37. The van der Waals surface area contributed by atoms with Gasteiger partial charge in [-0.3, -0.25) is 19.2 Å². The lowest BCUT2D eigenvalue weighted by molar-refractivity contribution is -0.154. The van der Waals surface area contributed by atoms with E-state index in [-0.39, 0.29) is 6.42 Å². The van der Waals surface area contributed by atoms with Crippen molar-refractivity contribution >= 4 is 35.5 Å². The van der Waals surface area contributed by atoms with Crippen LogP contribution in [0.5, 0.6) is 0 Å². The van der Waals surface area contributed by atoms with Gasteiger partial charge in [-0.05, 0) is 0 Å². The van der Waals surface area contributed by atoms with Gasteiger partial charge in [-0.15, -0.1) is 11.8 Å². The number of Topliss-reactive ketones (excluding diaryl/α,β-unsaturated/α-hetero) is 1. The molecule has 0 spiro atoms. The summed E-state index contributed by atoms with van der Waals surface area (Å²) in [6.07, 6.45) is -0.193. The quantitative estimate of drug-likeness (QED) is 0.391. The van der Waals surface area contributed by atoms with Gasteiger partial charge in [0.1, 0.15) is 11.2 Å². The molecule has 0 aromatic heterocycles. The van der Waals surface area contributed by atoms with E-state index in [4.69, 9.17) is 0 Å². The average Bonchev–Trinajstić information content (AvgIpc) is 2.74. The third-order valence-corrected chi connectivity index (χ3v) is 4.19. The van der Waals surface area contributed by atoms with Gasteiger partial charge in [-0.25, -0.2) is 0 Å². The van der Waals surface area contributed by atoms with E-state index in [9.17, 15) is 19.2 Å². The monoisotopic (exact) mass is 290 g/mol. The fraction of sp³-hybridized carbons (Fsp3) is 0.636. The molecule has 1 aliphatic heterocycles. The maximum absolute atomic E-state index is 12.1. The normalized spacial score (nSPS) is 25.8. The number of esters is 3. The highest BCUT2D eigenvalue weighted by Gasteiger charge is 2.52. The van der Waals surface area contributed by atoms with Crippen molar-refractivity contribution in [3.63, 3.8) is 0 Å². The van der Waals surface area contributed by atoms with Gasteiger partial charge >= 0.3 is 17.9 Å². The number of hydrogen-bond acceptors (Lipinski definition) is 8. The number of carbonyl (C=O) groups excluding carboxylic acids is 4. The number of carbonyl (C=O) groups is 4. The van der Waals surface area contributed by atoms with Crippen LogP contribution in [0.15, 0.2) is 0 Å². The van der Waals surface area contributed by atoms with Crippen molar-refractivity contribution in [2.75, 3.05) is 21.3 Å². The first-order chi connectivity index (χ1) is 8.96. The van der Waals surface area contributed by atoms with Gasteiger partial charge in [0, 0.05) is 0 Å². The van der Waals surface area contributed by atoms with Crippen LogP contribution in [0, 0.1) is 5.92 Å². The van der Waals surface area contributed by atoms with Crippen molar-refractivity contribution in [2.24, 2.45) is 5.92 Å². The minimum Gasteiger partial charge on any atom is -0.469 e. The molecule has 0 aromatic carbocycles. The van der Waals surface area contributed by atoms with E-state index < -0.39 is 40.1 Å². The van der Waals surface area contributed by atoms with Crippen molar-refractivity contribution < 1.29 is 33.4 Å². The van der Waals surface area contributed by atoms with E-state index in [1.165, 1.54) is 7.11 Å². The second kappa shape index (κ2) is 6.55. The lowest BCUT2D eigenvalue weighted by Gasteiger charge is -2.12. The van der Waals surface area contributed by atoms with E-state index in [1.807, 2.05) is 0 Å². The summed E-state index contributed by atoms with van der Waals surface area (Å²) in [4.78, 5) is 46.4. The Morgan fingerprint density at radius 3 is 2.11 bits per heavy atom. The number of ketones is 1. The number of ether oxygens (including phenoxy) is 3. The molecule has 1 aliphatic rings. The van der Waals surface area contributed by atoms with Crippen LogP contribution in [-0.2, 0) is 33.4 Å². The minimum atomic E-state index is -1.24. The van der Waals surface area contributed by atoms with Crippen molar-refractivity contribution in [1.29, 1.82) is 0 Å². The fourth-order valence-electron chi connectivity index (χ4n) is 1.73. The summed E-state index contributed by atoms with van der Waals surface area (Å²) < 4.78 is 13.5. The second-order valence-corrected chi connectivity index (χ2v) is 5.10. The molecule has 0 bridgehead atoms. The summed E-state index contributed by atoms with van der Waals surface area (Å²) in [6, 6.07) is 0. The highest BCUT2D eigenvalue weighted by atomic mass is 32.2. The van der Waals surface area contributed by atoms with Gasteiger partial charge in [0.25, 0.3) is 0 Å². The highest BCUT2D eigenvalue weighted by Crippen LogP contribution is 2.38. The predicted octanol–water partition coefficient (Wildman–Crippen LogP) is -0.435. The molecule has 0 aromatic rings. The molecule has 0 amide bonds. The number of thioether (sulfide) groups is 1. The molecule has 1 heterocycles. The van der Waals surface area contributed by atoms with Crippen molar-refractivity contribution in [1.82, 2.24) is 0 Å². The second-order valence-electron chi connectivity index (χ2n) is 3.75. The summed E-state index contributed by atoms with van der Waals surface area (Å²) in [7, 11) is 3.49. The first kappa shape index (κ1) is 15.5. The molecule has 7 nitrogen and oxygen atoms in total. The number of rotatable bonds is 4. The zero-order chi connectivity index (χ0) is 14.6. The lowest BCUT2D eigenvalue weighted by Crippen LogP contribution is -2.35. The largest absolute Gasteiger partial charge is 0.469 e. The number of methoxy groups -OCH3 is 3. The van der Waals surface area contributed by atoms with Crippen LogP contribution >= 0.6 is 11.8 Å². The predicted molar refractivity (Wildman–Crippen MR) is 64.3 cm³/mol. The van der Waals surface area contributed by atoms with Crippen LogP contribution in [-0.4, -0.2) is 55.5 Å². The van der Waals surface area contributed by atoms with Gasteiger partial charge in [-0.2, -0.15) is 0 Å². The van der Waals surface area contributed by atoms with Crippen molar-refractivity contribution in [2.45, 2.75) is 16.9 Å². The fourth-order valence-corrected chi connectivity index (χ4v) is 3.21. The minimum absolute atomic E-state index is 0.193. The smallest absolute Gasteiger partial charge is 0.320 e. The van der Waals surface area contributed by atoms with Crippen LogP contribution < -0.4 is 0 Å². The molecule has 1 rings (SSSR count). The molecule has 8 heteroatoms. The topological polar surface area (TPSA) is 96.0 Å². The SMILES string of the molecule is COC(=O)C[C@H]1S[C@@H](C(=O)OC)[C@@H](C(=O)OC)C1=O. The van der Waals surface area contributed by atoms with Crippen LogP contribution in [0.3, 0.4) is 0 Å². The lowest BCUT2D eigenvalue weighted by atomic mass is 9.97. The Balaban J connectivity index is 2.92. The van der Waals surface area contributed by atoms with Crippen LogP contribution in [0.2, 0.25) is 0 Å². The third kappa shape index (κ3) is 3.25. The Kier molecular flexibility index (Phi) is 5.34. The summed E-state index contributed by atoms with van der Waals surface area (Å²) in [5.41, 5.74) is 0. The van der Waals surface area contributed by atoms with Crippen LogP contribution in [0.25, 0.3) is 0 Å². The molecular weight excluding hydrogens is 276 g/mol. The van der Waals surface area contributed by atoms with E-state index >= 15 is 0 Å². The van der Waals surface area contributed by atoms with Gasteiger partial charge in [0.2, 0.25) is 0 Å². The zero-order valence-corrected chi connectivity index (χ0v) is 11.5. The molecule has 1 saturated heterocycles. The van der Waals surface area contributed by atoms with E-state index in [1.54, 1.807) is 0 Å². The van der Waals surface area contributed by atoms with E-state index in [0.29, 0.717) is 0 Å². The Labute approximate surface area is 113 Å².